The number of hydrogen-bond donors (Lipinski definition) is 2. The lowest BCUT2D eigenvalue weighted by Crippen LogP contribution is -2.32. The molecule has 7 nitrogen and oxygen atoms in total. The van der Waals surface area contributed by atoms with Crippen molar-refractivity contribution < 1.29 is 9.53 Å². The van der Waals surface area contributed by atoms with Crippen molar-refractivity contribution in [3.05, 3.63) is 52.7 Å². The minimum absolute atomic E-state index is 0.309. The maximum atomic E-state index is 12.8. The summed E-state index contributed by atoms with van der Waals surface area (Å²) in [6.07, 6.45) is 3.49. The smallest absolute Gasteiger partial charge is 0.336 e. The molecular weight excluding hydrogens is 366 g/mol. The third-order valence-electron chi connectivity index (χ3n) is 5.52. The molecule has 0 spiro atoms. The average Bonchev–Trinajstić information content (AvgIpc) is 2.74. The van der Waals surface area contributed by atoms with Crippen LogP contribution in [0.25, 0.3) is 0 Å². The molecule has 0 radical (unpaired) electrons. The highest BCUT2D eigenvalue weighted by Crippen LogP contribution is 2.44. The second-order valence-electron chi connectivity index (χ2n) is 7.45. The number of carbonyl (C=O) groups is 1. The lowest BCUT2D eigenvalue weighted by atomic mass is 9.82. The highest BCUT2D eigenvalue weighted by atomic mass is 16.5. The lowest BCUT2D eigenvalue weighted by Gasteiger charge is -2.32. The van der Waals surface area contributed by atoms with E-state index in [1.807, 2.05) is 37.3 Å². The predicted octanol–water partition coefficient (Wildman–Crippen LogP) is 3.44. The maximum Gasteiger partial charge on any atom is 0.336 e. The molecule has 0 bridgehead atoms. The molecule has 3 N–H and O–H groups in total. The van der Waals surface area contributed by atoms with Crippen LogP contribution in [-0.4, -0.2) is 35.6 Å². The SMILES string of the molecule is CCOC(=O)C1=C(C)Nc2nc(N3CCCCC3)nc(N)c2[C@H]1c1ccccc1. The van der Waals surface area contributed by atoms with Crippen LogP contribution in [0, 0.1) is 0 Å². The van der Waals surface area contributed by atoms with Crippen molar-refractivity contribution in [2.45, 2.75) is 39.0 Å². The van der Waals surface area contributed by atoms with Crippen molar-refractivity contribution in [3.63, 3.8) is 0 Å². The van der Waals surface area contributed by atoms with Crippen LogP contribution >= 0.6 is 0 Å². The third-order valence-corrected chi connectivity index (χ3v) is 5.52. The zero-order chi connectivity index (χ0) is 20.4. The van der Waals surface area contributed by atoms with Gasteiger partial charge in [0.05, 0.1) is 18.1 Å². The number of piperidine rings is 1. The summed E-state index contributed by atoms with van der Waals surface area (Å²) in [7, 11) is 0. The first-order chi connectivity index (χ1) is 14.1. The molecule has 0 saturated carbocycles. The molecular formula is C22H27N5O2. The second kappa shape index (κ2) is 8.11. The second-order valence-corrected chi connectivity index (χ2v) is 7.45. The number of anilines is 3. The number of benzene rings is 1. The molecule has 152 valence electrons. The van der Waals surface area contributed by atoms with Crippen LogP contribution in [0.3, 0.4) is 0 Å². The Kier molecular flexibility index (Phi) is 5.38. The molecule has 1 saturated heterocycles. The molecule has 29 heavy (non-hydrogen) atoms. The van der Waals surface area contributed by atoms with E-state index in [4.69, 9.17) is 15.5 Å². The lowest BCUT2D eigenvalue weighted by molar-refractivity contribution is -0.138. The number of allylic oxidation sites excluding steroid dienone is 1. The molecule has 4 rings (SSSR count). The zero-order valence-electron chi connectivity index (χ0n) is 16.9. The molecule has 0 unspecified atom stereocenters. The average molecular weight is 393 g/mol. The molecule has 0 amide bonds. The van der Waals surface area contributed by atoms with Gasteiger partial charge in [-0.15, -0.1) is 0 Å². The minimum atomic E-state index is -0.373. The minimum Gasteiger partial charge on any atom is -0.463 e. The van der Waals surface area contributed by atoms with Gasteiger partial charge in [0, 0.05) is 24.4 Å². The Morgan fingerprint density at radius 1 is 1.21 bits per heavy atom. The molecule has 2 aromatic rings. The van der Waals surface area contributed by atoms with Crippen LogP contribution in [0.2, 0.25) is 0 Å². The van der Waals surface area contributed by atoms with Gasteiger partial charge in [-0.2, -0.15) is 9.97 Å². The van der Waals surface area contributed by atoms with Crippen molar-refractivity contribution in [2.75, 3.05) is 35.6 Å². The highest BCUT2D eigenvalue weighted by Gasteiger charge is 2.36. The van der Waals surface area contributed by atoms with Crippen LogP contribution in [0.15, 0.2) is 41.6 Å². The van der Waals surface area contributed by atoms with Gasteiger partial charge >= 0.3 is 5.97 Å². The summed E-state index contributed by atoms with van der Waals surface area (Å²) in [5, 5.41) is 3.29. The Morgan fingerprint density at radius 3 is 2.62 bits per heavy atom. The number of nitrogens with one attached hydrogen (secondary N) is 1. The van der Waals surface area contributed by atoms with Crippen LogP contribution in [0.5, 0.6) is 0 Å². The monoisotopic (exact) mass is 393 g/mol. The normalized spacial score (nSPS) is 18.8. The van der Waals surface area contributed by atoms with E-state index in [-0.39, 0.29) is 11.9 Å². The fraction of sp³-hybridized carbons (Fsp3) is 0.409. The number of hydrogen-bond acceptors (Lipinski definition) is 7. The number of nitrogens with zero attached hydrogens (tertiary/aromatic N) is 3. The number of nitrogens with two attached hydrogens (primary N) is 1. The van der Waals surface area contributed by atoms with Crippen molar-refractivity contribution in [2.24, 2.45) is 0 Å². The summed E-state index contributed by atoms with van der Waals surface area (Å²) in [5.41, 5.74) is 9.43. The number of carbonyl (C=O) groups excluding carboxylic acids is 1. The summed E-state index contributed by atoms with van der Waals surface area (Å²) in [5.74, 6) is 0.981. The number of nitrogen functional groups attached to an aromatic ring is 1. The van der Waals surface area contributed by atoms with E-state index >= 15 is 0 Å². The van der Waals surface area contributed by atoms with Crippen molar-refractivity contribution in [1.29, 1.82) is 0 Å². The summed E-state index contributed by atoms with van der Waals surface area (Å²) >= 11 is 0. The summed E-state index contributed by atoms with van der Waals surface area (Å²) < 4.78 is 5.35. The molecule has 0 aliphatic carbocycles. The van der Waals surface area contributed by atoms with Gasteiger partial charge in [0.2, 0.25) is 5.95 Å². The largest absolute Gasteiger partial charge is 0.463 e. The third kappa shape index (κ3) is 3.64. The van der Waals surface area contributed by atoms with E-state index in [9.17, 15) is 4.79 Å². The Bertz CT molecular complexity index is 936. The Balaban J connectivity index is 1.84. The summed E-state index contributed by atoms with van der Waals surface area (Å²) in [6.45, 7) is 5.86. The number of rotatable bonds is 4. The van der Waals surface area contributed by atoms with Gasteiger partial charge in [-0.1, -0.05) is 30.3 Å². The Hall–Kier alpha value is -3.09. The van der Waals surface area contributed by atoms with Gasteiger partial charge < -0.3 is 20.7 Å². The van der Waals surface area contributed by atoms with E-state index in [0.717, 1.165) is 42.8 Å². The first kappa shape index (κ1) is 19.2. The van der Waals surface area contributed by atoms with E-state index in [2.05, 4.69) is 15.2 Å². The molecule has 2 aliphatic rings. The molecule has 7 heteroatoms. The summed E-state index contributed by atoms with van der Waals surface area (Å²) in [4.78, 5) is 24.4. The van der Waals surface area contributed by atoms with Gasteiger partial charge in [-0.3, -0.25) is 0 Å². The van der Waals surface area contributed by atoms with E-state index in [0.29, 0.717) is 29.8 Å². The standard InChI is InChI=1S/C22H27N5O2/c1-3-29-21(28)16-14(2)24-20-18(17(16)15-10-6-4-7-11-15)19(23)25-22(26-20)27-12-8-5-9-13-27/h4,6-7,10-11,17H,3,5,8-9,12-13H2,1-2H3,(H3,23,24,25,26)/t17-/m0/s1. The van der Waals surface area contributed by atoms with E-state index in [1.165, 1.54) is 6.42 Å². The van der Waals surface area contributed by atoms with Crippen molar-refractivity contribution >= 4 is 23.6 Å². The fourth-order valence-corrected chi connectivity index (χ4v) is 4.15. The molecule has 1 fully saturated rings. The molecule has 1 atom stereocenters. The van der Waals surface area contributed by atoms with Gasteiger partial charge in [0.25, 0.3) is 0 Å². The fourth-order valence-electron chi connectivity index (χ4n) is 4.15. The maximum absolute atomic E-state index is 12.8. The first-order valence-electron chi connectivity index (χ1n) is 10.2. The van der Waals surface area contributed by atoms with Crippen LogP contribution in [0.1, 0.15) is 50.2 Å². The molecule has 2 aliphatic heterocycles. The van der Waals surface area contributed by atoms with Crippen molar-refractivity contribution in [1.82, 2.24) is 9.97 Å². The van der Waals surface area contributed by atoms with E-state index in [1.54, 1.807) is 6.92 Å². The Labute approximate surface area is 171 Å². The van der Waals surface area contributed by atoms with Gasteiger partial charge in [-0.25, -0.2) is 4.79 Å². The topological polar surface area (TPSA) is 93.4 Å². The van der Waals surface area contributed by atoms with Crippen LogP contribution in [-0.2, 0) is 9.53 Å². The summed E-state index contributed by atoms with van der Waals surface area (Å²) in [6, 6.07) is 9.84. The van der Waals surface area contributed by atoms with Gasteiger partial charge in [0.15, 0.2) is 0 Å². The van der Waals surface area contributed by atoms with Gasteiger partial charge in [0.1, 0.15) is 11.6 Å². The molecule has 3 heterocycles. The number of esters is 1. The molecule has 1 aromatic carbocycles. The van der Waals surface area contributed by atoms with Crippen LogP contribution in [0.4, 0.5) is 17.6 Å². The zero-order valence-corrected chi connectivity index (χ0v) is 16.9. The number of ether oxygens (including phenoxy) is 1. The van der Waals surface area contributed by atoms with Crippen molar-refractivity contribution in [3.8, 4) is 0 Å². The number of fused-ring (bicyclic) bond motifs is 1. The van der Waals surface area contributed by atoms with Gasteiger partial charge in [-0.05, 0) is 38.7 Å². The van der Waals surface area contributed by atoms with Crippen LogP contribution < -0.4 is 16.0 Å². The number of aromatic nitrogens is 2. The predicted molar refractivity (Wildman–Crippen MR) is 114 cm³/mol. The van der Waals surface area contributed by atoms with E-state index < -0.39 is 0 Å². The quantitative estimate of drug-likeness (QED) is 0.769. The Morgan fingerprint density at radius 2 is 1.93 bits per heavy atom. The highest BCUT2D eigenvalue weighted by molar-refractivity contribution is 5.95. The molecule has 1 aromatic heterocycles. The first-order valence-corrected chi connectivity index (χ1v) is 10.2.